The Balaban J connectivity index is 1.11. The van der Waals surface area contributed by atoms with Crippen molar-refractivity contribution in [2.24, 2.45) is 0 Å². The van der Waals surface area contributed by atoms with E-state index in [0.717, 1.165) is 22.3 Å². The predicted molar refractivity (Wildman–Crippen MR) is 196 cm³/mol. The maximum atomic E-state index is 15.1. The number of hydrogen-bond donors (Lipinski definition) is 2. The summed E-state index contributed by atoms with van der Waals surface area (Å²) in [5.41, 5.74) is 1.79. The van der Waals surface area contributed by atoms with E-state index < -0.39 is 80.0 Å². The molecule has 3 amide bonds. The van der Waals surface area contributed by atoms with Crippen LogP contribution in [0.1, 0.15) is 53.9 Å². The van der Waals surface area contributed by atoms with Crippen molar-refractivity contribution in [2.45, 2.75) is 62.6 Å². The standard InChI is InChI=1S/C42H40F3N3O8/c43-42(44,45)41(39(52)47-35(38(51)55-26-29-14-5-2-6-15-29)20-21-37(50)54-25-28-12-3-1-4-13-28)22-11-23-48(41)36(49)24-46-40(53)56-27-34-32-18-9-7-16-30(32)31-17-8-10-19-33(31)34/h1-10,12-19,34-35H,11,20-27H2,(H,46,53)(H,47,52)/t35-,41-/m0/s1. The lowest BCUT2D eigenvalue weighted by molar-refractivity contribution is -0.222. The summed E-state index contributed by atoms with van der Waals surface area (Å²) in [5, 5.41) is 4.37. The molecule has 1 fully saturated rings. The molecular formula is C42H40F3N3O8. The monoisotopic (exact) mass is 771 g/mol. The van der Waals surface area contributed by atoms with Gasteiger partial charge in [0.1, 0.15) is 32.4 Å². The Morgan fingerprint density at radius 3 is 1.89 bits per heavy atom. The molecule has 292 valence electrons. The van der Waals surface area contributed by atoms with E-state index in [4.69, 9.17) is 14.2 Å². The van der Waals surface area contributed by atoms with Crippen LogP contribution in [0, 0.1) is 0 Å². The molecule has 0 bridgehead atoms. The van der Waals surface area contributed by atoms with Crippen LogP contribution in [0.15, 0.2) is 109 Å². The summed E-state index contributed by atoms with van der Waals surface area (Å²) in [4.78, 5) is 66.3. The predicted octanol–water partition coefficient (Wildman–Crippen LogP) is 6.20. The van der Waals surface area contributed by atoms with Gasteiger partial charge in [-0.05, 0) is 52.6 Å². The van der Waals surface area contributed by atoms with E-state index in [0.29, 0.717) is 16.0 Å². The minimum Gasteiger partial charge on any atom is -0.461 e. The SMILES string of the molecule is O=C(CC[C@H](NC(=O)[C@]1(C(F)(F)F)CCCN1C(=O)CNC(=O)OCC1c2ccccc2-c2ccccc21)C(=O)OCc1ccccc1)OCc1ccccc1. The topological polar surface area (TPSA) is 140 Å². The van der Waals surface area contributed by atoms with Crippen LogP contribution < -0.4 is 10.6 Å². The Kier molecular flexibility index (Phi) is 12.4. The number of alkyl carbamates (subject to hydrolysis) is 1. The fraction of sp³-hybridized carbons (Fsp3) is 0.310. The van der Waals surface area contributed by atoms with Crippen LogP contribution >= 0.6 is 0 Å². The second-order valence-electron chi connectivity index (χ2n) is 13.5. The molecule has 1 aliphatic carbocycles. The fourth-order valence-electron chi connectivity index (χ4n) is 7.14. The summed E-state index contributed by atoms with van der Waals surface area (Å²) in [5.74, 6) is -4.98. The number of nitrogens with zero attached hydrogens (tertiary/aromatic N) is 1. The summed E-state index contributed by atoms with van der Waals surface area (Å²) in [6.45, 7) is -1.76. The quantitative estimate of drug-likeness (QED) is 0.114. The molecular weight excluding hydrogens is 731 g/mol. The average Bonchev–Trinajstić information content (AvgIpc) is 3.81. The van der Waals surface area contributed by atoms with Gasteiger partial charge in [0, 0.05) is 18.9 Å². The Hall–Kier alpha value is -6.18. The van der Waals surface area contributed by atoms with E-state index in [2.05, 4.69) is 10.6 Å². The fourth-order valence-corrected chi connectivity index (χ4v) is 7.14. The second-order valence-corrected chi connectivity index (χ2v) is 13.5. The van der Waals surface area contributed by atoms with Crippen LogP contribution in [0.2, 0.25) is 0 Å². The van der Waals surface area contributed by atoms with Crippen molar-refractivity contribution in [2.75, 3.05) is 19.7 Å². The number of fused-ring (bicyclic) bond motifs is 3. The van der Waals surface area contributed by atoms with Gasteiger partial charge in [-0.2, -0.15) is 13.2 Å². The molecule has 2 atom stereocenters. The summed E-state index contributed by atoms with van der Waals surface area (Å²) < 4.78 is 61.2. The number of nitrogens with one attached hydrogen (secondary N) is 2. The van der Waals surface area contributed by atoms with Crippen molar-refractivity contribution in [3.8, 4) is 11.1 Å². The number of alkyl halides is 3. The van der Waals surface area contributed by atoms with Crippen molar-refractivity contribution < 1.29 is 51.4 Å². The maximum absolute atomic E-state index is 15.1. The third-order valence-corrected chi connectivity index (χ3v) is 9.95. The summed E-state index contributed by atoms with van der Waals surface area (Å²) in [6, 6.07) is 30.8. The van der Waals surface area contributed by atoms with Crippen LogP contribution in [-0.4, -0.2) is 72.2 Å². The number of esters is 2. The Morgan fingerprint density at radius 1 is 0.750 bits per heavy atom. The molecule has 14 heteroatoms. The molecule has 1 aliphatic heterocycles. The number of amides is 3. The highest BCUT2D eigenvalue weighted by molar-refractivity contribution is 5.96. The van der Waals surface area contributed by atoms with Crippen molar-refractivity contribution in [3.63, 3.8) is 0 Å². The number of carbonyl (C=O) groups excluding carboxylic acids is 5. The number of hydrogen-bond acceptors (Lipinski definition) is 8. The van der Waals surface area contributed by atoms with Gasteiger partial charge in [-0.15, -0.1) is 0 Å². The van der Waals surface area contributed by atoms with Crippen LogP contribution in [0.4, 0.5) is 18.0 Å². The van der Waals surface area contributed by atoms with E-state index in [-0.39, 0.29) is 32.2 Å². The Labute approximate surface area is 321 Å². The average molecular weight is 772 g/mol. The molecule has 0 aromatic heterocycles. The lowest BCUT2D eigenvalue weighted by atomic mass is 9.92. The maximum Gasteiger partial charge on any atom is 0.420 e. The number of halogens is 3. The molecule has 0 spiro atoms. The van der Waals surface area contributed by atoms with Gasteiger partial charge < -0.3 is 29.7 Å². The molecule has 2 aliphatic rings. The number of carbonyl (C=O) groups is 5. The number of ether oxygens (including phenoxy) is 3. The molecule has 11 nitrogen and oxygen atoms in total. The van der Waals surface area contributed by atoms with Gasteiger partial charge in [0.25, 0.3) is 5.91 Å². The highest BCUT2D eigenvalue weighted by atomic mass is 19.4. The number of rotatable bonds is 14. The van der Waals surface area contributed by atoms with Crippen molar-refractivity contribution in [1.82, 2.24) is 15.5 Å². The van der Waals surface area contributed by atoms with E-state index in [9.17, 15) is 24.0 Å². The first-order valence-corrected chi connectivity index (χ1v) is 18.1. The third kappa shape index (κ3) is 8.85. The van der Waals surface area contributed by atoms with Gasteiger partial charge in [0.05, 0.1) is 0 Å². The van der Waals surface area contributed by atoms with E-state index >= 15 is 13.2 Å². The van der Waals surface area contributed by atoms with Crippen LogP contribution in [0.3, 0.4) is 0 Å². The van der Waals surface area contributed by atoms with Crippen LogP contribution in [0.5, 0.6) is 0 Å². The van der Waals surface area contributed by atoms with Crippen LogP contribution in [-0.2, 0) is 46.6 Å². The number of likely N-dealkylation sites (tertiary alicyclic amines) is 1. The van der Waals surface area contributed by atoms with Gasteiger partial charge in [-0.3, -0.25) is 14.4 Å². The zero-order valence-electron chi connectivity index (χ0n) is 30.3. The first kappa shape index (κ1) is 39.5. The minimum atomic E-state index is -5.29. The van der Waals surface area contributed by atoms with Crippen molar-refractivity contribution in [1.29, 1.82) is 0 Å². The molecule has 2 N–H and O–H groups in total. The molecule has 4 aromatic rings. The highest BCUT2D eigenvalue weighted by Crippen LogP contribution is 2.45. The van der Waals surface area contributed by atoms with Crippen molar-refractivity contribution in [3.05, 3.63) is 131 Å². The first-order valence-electron chi connectivity index (χ1n) is 18.1. The van der Waals surface area contributed by atoms with Gasteiger partial charge in [0.15, 0.2) is 0 Å². The zero-order valence-corrected chi connectivity index (χ0v) is 30.3. The summed E-state index contributed by atoms with van der Waals surface area (Å²) in [6.07, 6.45) is -8.20. The summed E-state index contributed by atoms with van der Waals surface area (Å²) in [7, 11) is 0. The second kappa shape index (κ2) is 17.5. The van der Waals surface area contributed by atoms with Gasteiger partial charge in [-0.1, -0.05) is 109 Å². The van der Waals surface area contributed by atoms with E-state index in [1.54, 1.807) is 60.7 Å². The Bertz CT molecular complexity index is 2000. The molecule has 1 saturated heterocycles. The molecule has 0 unspecified atom stereocenters. The van der Waals surface area contributed by atoms with Gasteiger partial charge in [0.2, 0.25) is 11.4 Å². The molecule has 0 radical (unpaired) electrons. The normalized spacial score (nSPS) is 16.6. The molecule has 6 rings (SSSR count). The summed E-state index contributed by atoms with van der Waals surface area (Å²) >= 11 is 0. The zero-order chi connectivity index (χ0) is 39.7. The minimum absolute atomic E-state index is 0.0759. The van der Waals surface area contributed by atoms with E-state index in [1.807, 2.05) is 48.5 Å². The Morgan fingerprint density at radius 2 is 1.30 bits per heavy atom. The smallest absolute Gasteiger partial charge is 0.420 e. The lowest BCUT2D eigenvalue weighted by Crippen LogP contribution is -2.67. The van der Waals surface area contributed by atoms with Gasteiger partial charge >= 0.3 is 24.2 Å². The largest absolute Gasteiger partial charge is 0.461 e. The van der Waals surface area contributed by atoms with E-state index in [1.165, 1.54) is 0 Å². The molecule has 1 heterocycles. The lowest BCUT2D eigenvalue weighted by Gasteiger charge is -2.39. The first-order chi connectivity index (χ1) is 27.0. The van der Waals surface area contributed by atoms with Crippen molar-refractivity contribution >= 4 is 29.8 Å². The molecule has 56 heavy (non-hydrogen) atoms. The molecule has 0 saturated carbocycles. The highest BCUT2D eigenvalue weighted by Gasteiger charge is 2.67. The third-order valence-electron chi connectivity index (χ3n) is 9.95. The van der Waals surface area contributed by atoms with Crippen LogP contribution in [0.25, 0.3) is 11.1 Å². The number of benzene rings is 4. The molecule has 4 aromatic carbocycles. The van der Waals surface area contributed by atoms with Gasteiger partial charge in [-0.25, -0.2) is 9.59 Å².